The van der Waals surface area contributed by atoms with Crippen molar-refractivity contribution in [1.29, 1.82) is 0 Å². The van der Waals surface area contributed by atoms with E-state index in [-0.39, 0.29) is 0 Å². The van der Waals surface area contributed by atoms with Crippen LogP contribution in [0.25, 0.3) is 0 Å². The summed E-state index contributed by atoms with van der Waals surface area (Å²) in [5.41, 5.74) is 0. The Kier molecular flexibility index (Phi) is 5.34. The van der Waals surface area contributed by atoms with E-state index in [1.165, 1.54) is 64.2 Å². The smallest absolute Gasteiger partial charge is 0.00949 e. The Morgan fingerprint density at radius 2 is 1.71 bits per heavy atom. The fourth-order valence-electron chi connectivity index (χ4n) is 3.92. The molecule has 1 heteroatoms. The van der Waals surface area contributed by atoms with Crippen molar-refractivity contribution < 1.29 is 0 Å². The summed E-state index contributed by atoms with van der Waals surface area (Å²) in [4.78, 5) is 0. The van der Waals surface area contributed by atoms with Gasteiger partial charge >= 0.3 is 0 Å². The van der Waals surface area contributed by atoms with Crippen molar-refractivity contribution in [2.45, 2.75) is 77.2 Å². The predicted molar refractivity (Wildman–Crippen MR) is 75.2 cm³/mol. The van der Waals surface area contributed by atoms with Crippen LogP contribution in [0.3, 0.4) is 0 Å². The summed E-state index contributed by atoms with van der Waals surface area (Å²) in [5.74, 6) is 3.09. The molecule has 2 fully saturated rings. The minimum Gasteiger partial charge on any atom is -0.317 e. The SMILES string of the molecule is CCCC1CCC(C(CC2CCC2)NC)CC1. The molecule has 0 aromatic carbocycles. The Bertz CT molecular complexity index is 202. The lowest BCUT2D eigenvalue weighted by Gasteiger charge is -2.37. The fraction of sp³-hybridized carbons (Fsp3) is 1.00. The molecule has 2 aliphatic carbocycles. The summed E-state index contributed by atoms with van der Waals surface area (Å²) in [7, 11) is 2.18. The Morgan fingerprint density at radius 3 is 2.18 bits per heavy atom. The van der Waals surface area contributed by atoms with Crippen molar-refractivity contribution >= 4 is 0 Å². The average molecular weight is 237 g/mol. The predicted octanol–water partition coefficient (Wildman–Crippen LogP) is 4.37. The van der Waals surface area contributed by atoms with E-state index in [0.717, 1.165) is 23.8 Å². The summed E-state index contributed by atoms with van der Waals surface area (Å²) in [6.45, 7) is 2.33. The van der Waals surface area contributed by atoms with Gasteiger partial charge in [0.2, 0.25) is 0 Å². The zero-order chi connectivity index (χ0) is 12.1. The molecule has 17 heavy (non-hydrogen) atoms. The largest absolute Gasteiger partial charge is 0.317 e. The van der Waals surface area contributed by atoms with Gasteiger partial charge in [0, 0.05) is 6.04 Å². The molecule has 0 aromatic heterocycles. The molecule has 2 aliphatic rings. The van der Waals surface area contributed by atoms with Gasteiger partial charge < -0.3 is 5.32 Å². The third-order valence-corrected chi connectivity index (χ3v) is 5.34. The van der Waals surface area contributed by atoms with Crippen LogP contribution >= 0.6 is 0 Å². The first kappa shape index (κ1) is 13.4. The highest BCUT2D eigenvalue weighted by molar-refractivity contribution is 4.84. The van der Waals surface area contributed by atoms with Crippen molar-refractivity contribution in [3.63, 3.8) is 0 Å². The van der Waals surface area contributed by atoms with E-state index in [0.29, 0.717) is 0 Å². The molecule has 1 unspecified atom stereocenters. The second-order valence-electron chi connectivity index (χ2n) is 6.50. The third-order valence-electron chi connectivity index (χ3n) is 5.34. The van der Waals surface area contributed by atoms with E-state index in [9.17, 15) is 0 Å². The van der Waals surface area contributed by atoms with Crippen LogP contribution in [-0.2, 0) is 0 Å². The molecule has 0 saturated heterocycles. The molecular formula is C16H31N. The van der Waals surface area contributed by atoms with E-state index in [1.54, 1.807) is 0 Å². The molecule has 0 radical (unpaired) electrons. The first-order valence-corrected chi connectivity index (χ1v) is 8.00. The lowest BCUT2D eigenvalue weighted by Crippen LogP contribution is -2.38. The van der Waals surface area contributed by atoms with Crippen LogP contribution in [0.5, 0.6) is 0 Å². The fourth-order valence-corrected chi connectivity index (χ4v) is 3.92. The van der Waals surface area contributed by atoms with Crippen LogP contribution in [-0.4, -0.2) is 13.1 Å². The molecule has 100 valence electrons. The highest BCUT2D eigenvalue weighted by atomic mass is 14.9. The Morgan fingerprint density at radius 1 is 1.00 bits per heavy atom. The molecule has 0 spiro atoms. The van der Waals surface area contributed by atoms with Crippen molar-refractivity contribution in [3.8, 4) is 0 Å². The van der Waals surface area contributed by atoms with Crippen LogP contribution in [0.15, 0.2) is 0 Å². The summed E-state index contributed by atoms with van der Waals surface area (Å²) in [5, 5.41) is 3.62. The summed E-state index contributed by atoms with van der Waals surface area (Å²) < 4.78 is 0. The summed E-state index contributed by atoms with van der Waals surface area (Å²) >= 11 is 0. The monoisotopic (exact) mass is 237 g/mol. The first-order valence-electron chi connectivity index (χ1n) is 8.00. The number of rotatable bonds is 6. The van der Waals surface area contributed by atoms with Crippen LogP contribution < -0.4 is 5.32 Å². The second-order valence-corrected chi connectivity index (χ2v) is 6.50. The van der Waals surface area contributed by atoms with Crippen molar-refractivity contribution in [1.82, 2.24) is 5.32 Å². The lowest BCUT2D eigenvalue weighted by atomic mass is 9.72. The molecule has 1 atom stereocenters. The molecule has 0 aromatic rings. The molecule has 0 heterocycles. The van der Waals surface area contributed by atoms with Gasteiger partial charge in [-0.05, 0) is 44.1 Å². The quantitative estimate of drug-likeness (QED) is 0.723. The number of hydrogen-bond donors (Lipinski definition) is 1. The van der Waals surface area contributed by atoms with Gasteiger partial charge in [0.05, 0.1) is 0 Å². The van der Waals surface area contributed by atoms with Gasteiger partial charge in [-0.25, -0.2) is 0 Å². The zero-order valence-electron chi connectivity index (χ0n) is 11.9. The van der Waals surface area contributed by atoms with Crippen LogP contribution in [0.1, 0.15) is 71.1 Å². The van der Waals surface area contributed by atoms with Gasteiger partial charge in [-0.2, -0.15) is 0 Å². The van der Waals surface area contributed by atoms with Gasteiger partial charge in [0.1, 0.15) is 0 Å². The topological polar surface area (TPSA) is 12.0 Å². The Balaban J connectivity index is 1.72. The second kappa shape index (κ2) is 6.78. The van der Waals surface area contributed by atoms with Crippen LogP contribution in [0, 0.1) is 17.8 Å². The highest BCUT2D eigenvalue weighted by Crippen LogP contribution is 2.37. The van der Waals surface area contributed by atoms with Gasteiger partial charge in [0.25, 0.3) is 0 Å². The first-order chi connectivity index (χ1) is 8.33. The maximum atomic E-state index is 3.62. The van der Waals surface area contributed by atoms with E-state index < -0.39 is 0 Å². The van der Waals surface area contributed by atoms with E-state index >= 15 is 0 Å². The minimum absolute atomic E-state index is 0.822. The van der Waals surface area contributed by atoms with Crippen molar-refractivity contribution in [2.24, 2.45) is 17.8 Å². The zero-order valence-corrected chi connectivity index (χ0v) is 11.9. The molecule has 0 amide bonds. The van der Waals surface area contributed by atoms with Crippen molar-refractivity contribution in [3.05, 3.63) is 0 Å². The molecule has 2 rings (SSSR count). The molecular weight excluding hydrogens is 206 g/mol. The molecule has 2 saturated carbocycles. The molecule has 1 N–H and O–H groups in total. The summed E-state index contributed by atoms with van der Waals surface area (Å²) in [6.07, 6.45) is 14.8. The molecule has 0 bridgehead atoms. The van der Waals surface area contributed by atoms with Gasteiger partial charge in [-0.1, -0.05) is 51.9 Å². The normalized spacial score (nSPS) is 32.1. The molecule has 1 nitrogen and oxygen atoms in total. The lowest BCUT2D eigenvalue weighted by molar-refractivity contribution is 0.175. The van der Waals surface area contributed by atoms with E-state index in [1.807, 2.05) is 0 Å². The Labute approximate surface area is 108 Å². The van der Waals surface area contributed by atoms with E-state index in [2.05, 4.69) is 19.3 Å². The van der Waals surface area contributed by atoms with Gasteiger partial charge in [-0.15, -0.1) is 0 Å². The number of nitrogens with one attached hydrogen (secondary N) is 1. The van der Waals surface area contributed by atoms with Gasteiger partial charge in [-0.3, -0.25) is 0 Å². The summed E-state index contributed by atoms with van der Waals surface area (Å²) in [6, 6.07) is 0.822. The maximum Gasteiger partial charge on any atom is 0.00949 e. The number of hydrogen-bond acceptors (Lipinski definition) is 1. The van der Waals surface area contributed by atoms with Crippen LogP contribution in [0.2, 0.25) is 0 Å². The Hall–Kier alpha value is -0.0400. The van der Waals surface area contributed by atoms with E-state index in [4.69, 9.17) is 0 Å². The van der Waals surface area contributed by atoms with Crippen LogP contribution in [0.4, 0.5) is 0 Å². The standard InChI is InChI=1S/C16H31N/c1-3-5-13-8-10-15(11-9-13)16(17-2)12-14-6-4-7-14/h13-17H,3-12H2,1-2H3. The minimum atomic E-state index is 0.822. The third kappa shape index (κ3) is 3.71. The van der Waals surface area contributed by atoms with Crippen molar-refractivity contribution in [2.75, 3.05) is 7.05 Å². The maximum absolute atomic E-state index is 3.62. The highest BCUT2D eigenvalue weighted by Gasteiger charge is 2.29. The average Bonchev–Trinajstić information content (AvgIpc) is 2.30. The molecule has 0 aliphatic heterocycles. The van der Waals surface area contributed by atoms with Gasteiger partial charge in [0.15, 0.2) is 0 Å².